The third-order valence-electron chi connectivity index (χ3n) is 8.61. The van der Waals surface area contributed by atoms with Gasteiger partial charge in [-0.25, -0.2) is 9.97 Å². The summed E-state index contributed by atoms with van der Waals surface area (Å²) in [6.07, 6.45) is 0. The molecule has 1 aliphatic carbocycles. The van der Waals surface area contributed by atoms with Crippen molar-refractivity contribution in [3.63, 3.8) is 0 Å². The van der Waals surface area contributed by atoms with Crippen molar-refractivity contribution in [1.82, 2.24) is 9.97 Å². The van der Waals surface area contributed by atoms with E-state index in [0.717, 1.165) is 44.3 Å². The molecule has 6 aromatic carbocycles. The number of fused-ring (bicyclic) bond motifs is 6. The number of aromatic nitrogens is 2. The molecule has 0 N–H and O–H groups in total. The summed E-state index contributed by atoms with van der Waals surface area (Å²) < 4.78 is 0. The molecule has 1 aliphatic rings. The fraction of sp³-hybridized carbons (Fsp3) is 0. The van der Waals surface area contributed by atoms with Gasteiger partial charge in [-0.05, 0) is 62.4 Å². The van der Waals surface area contributed by atoms with Gasteiger partial charge in [0.2, 0.25) is 0 Å². The third kappa shape index (κ3) is 3.45. The minimum absolute atomic E-state index is 0.932. The van der Waals surface area contributed by atoms with Crippen LogP contribution in [0.2, 0.25) is 0 Å². The Morgan fingerprint density at radius 3 is 1.69 bits per heavy atom. The molecule has 0 bridgehead atoms. The summed E-state index contributed by atoms with van der Waals surface area (Å²) in [6, 6.07) is 51.9. The summed E-state index contributed by atoms with van der Waals surface area (Å²) in [6.45, 7) is 0. The fourth-order valence-corrected chi connectivity index (χ4v) is 6.58. The van der Waals surface area contributed by atoms with Gasteiger partial charge >= 0.3 is 0 Å². The zero-order chi connectivity index (χ0) is 27.6. The molecule has 0 aliphatic heterocycles. The first-order valence-electron chi connectivity index (χ1n) is 14.3. The summed E-state index contributed by atoms with van der Waals surface area (Å²) in [7, 11) is 0. The number of pyridine rings is 2. The van der Waals surface area contributed by atoms with Gasteiger partial charge in [0.15, 0.2) is 0 Å². The maximum Gasteiger partial charge on any atom is 0.0972 e. The largest absolute Gasteiger partial charge is 0.245 e. The van der Waals surface area contributed by atoms with Crippen molar-refractivity contribution in [2.24, 2.45) is 0 Å². The first-order valence-corrected chi connectivity index (χ1v) is 14.3. The van der Waals surface area contributed by atoms with Crippen molar-refractivity contribution in [2.45, 2.75) is 0 Å². The van der Waals surface area contributed by atoms with Crippen LogP contribution in [0.5, 0.6) is 0 Å². The van der Waals surface area contributed by atoms with Crippen LogP contribution in [0.3, 0.4) is 0 Å². The molecule has 0 saturated heterocycles. The topological polar surface area (TPSA) is 25.8 Å². The summed E-state index contributed by atoms with van der Waals surface area (Å²) in [4.78, 5) is 10.4. The van der Waals surface area contributed by atoms with Gasteiger partial charge in [0.05, 0.1) is 22.4 Å². The van der Waals surface area contributed by atoms with Gasteiger partial charge in [0.25, 0.3) is 0 Å². The Bertz CT molecular complexity index is 2340. The van der Waals surface area contributed by atoms with Crippen LogP contribution in [-0.4, -0.2) is 9.97 Å². The Morgan fingerprint density at radius 1 is 0.333 bits per heavy atom. The van der Waals surface area contributed by atoms with Gasteiger partial charge in [-0.2, -0.15) is 0 Å². The quantitative estimate of drug-likeness (QED) is 0.212. The van der Waals surface area contributed by atoms with E-state index < -0.39 is 0 Å². The Labute approximate surface area is 243 Å². The molecule has 9 rings (SSSR count). The second-order valence-electron chi connectivity index (χ2n) is 11.0. The molecule has 0 spiro atoms. The molecule has 2 heterocycles. The molecule has 194 valence electrons. The number of hydrogen-bond donors (Lipinski definition) is 0. The highest BCUT2D eigenvalue weighted by atomic mass is 14.8. The number of nitrogens with zero attached hydrogens (tertiary/aromatic N) is 2. The highest BCUT2D eigenvalue weighted by Gasteiger charge is 2.23. The van der Waals surface area contributed by atoms with Gasteiger partial charge < -0.3 is 0 Å². The number of benzene rings is 6. The summed E-state index contributed by atoms with van der Waals surface area (Å²) >= 11 is 0. The van der Waals surface area contributed by atoms with E-state index in [2.05, 4.69) is 140 Å². The molecule has 0 atom stereocenters. The predicted molar refractivity (Wildman–Crippen MR) is 175 cm³/mol. The molecule has 8 aromatic rings. The van der Waals surface area contributed by atoms with E-state index in [-0.39, 0.29) is 0 Å². The summed E-state index contributed by atoms with van der Waals surface area (Å²) in [5, 5.41) is 4.72. The molecule has 0 saturated carbocycles. The van der Waals surface area contributed by atoms with E-state index in [1.54, 1.807) is 0 Å². The van der Waals surface area contributed by atoms with E-state index in [1.165, 1.54) is 44.2 Å². The Morgan fingerprint density at radius 2 is 0.929 bits per heavy atom. The van der Waals surface area contributed by atoms with Crippen LogP contribution < -0.4 is 0 Å². The van der Waals surface area contributed by atoms with Gasteiger partial charge in [0.1, 0.15) is 0 Å². The van der Waals surface area contributed by atoms with Crippen LogP contribution in [-0.2, 0) is 0 Å². The third-order valence-corrected chi connectivity index (χ3v) is 8.61. The Kier molecular flexibility index (Phi) is 4.93. The van der Waals surface area contributed by atoms with Gasteiger partial charge in [-0.3, -0.25) is 0 Å². The predicted octanol–water partition coefficient (Wildman–Crippen LogP) is 10.6. The zero-order valence-corrected chi connectivity index (χ0v) is 22.8. The molecule has 0 fully saturated rings. The van der Waals surface area contributed by atoms with Gasteiger partial charge in [-0.15, -0.1) is 0 Å². The van der Waals surface area contributed by atoms with Crippen LogP contribution in [0.4, 0.5) is 0 Å². The minimum atomic E-state index is 0.932. The van der Waals surface area contributed by atoms with E-state index in [4.69, 9.17) is 9.97 Å². The number of rotatable bonds is 3. The maximum absolute atomic E-state index is 5.28. The van der Waals surface area contributed by atoms with Gasteiger partial charge in [0, 0.05) is 21.9 Å². The molecular weight excluding hydrogens is 508 g/mol. The molecule has 2 nitrogen and oxygen atoms in total. The Hall–Kier alpha value is -5.60. The molecule has 0 radical (unpaired) electrons. The number of hydrogen-bond acceptors (Lipinski definition) is 2. The van der Waals surface area contributed by atoms with Crippen molar-refractivity contribution >= 4 is 32.6 Å². The lowest BCUT2D eigenvalue weighted by Crippen LogP contribution is -1.91. The lowest BCUT2D eigenvalue weighted by molar-refractivity contribution is 1.37. The van der Waals surface area contributed by atoms with Crippen molar-refractivity contribution in [1.29, 1.82) is 0 Å². The lowest BCUT2D eigenvalue weighted by atomic mass is 9.95. The van der Waals surface area contributed by atoms with Gasteiger partial charge in [-0.1, -0.05) is 127 Å². The highest BCUT2D eigenvalue weighted by molar-refractivity contribution is 6.19. The van der Waals surface area contributed by atoms with E-state index in [0.29, 0.717) is 0 Å². The first kappa shape index (κ1) is 23.1. The highest BCUT2D eigenvalue weighted by Crippen LogP contribution is 2.50. The van der Waals surface area contributed by atoms with Crippen LogP contribution >= 0.6 is 0 Å². The van der Waals surface area contributed by atoms with Crippen LogP contribution in [0.25, 0.3) is 88.5 Å². The molecule has 0 unspecified atom stereocenters. The lowest BCUT2D eigenvalue weighted by Gasteiger charge is -2.11. The average Bonchev–Trinajstić information content (AvgIpc) is 3.39. The average molecular weight is 533 g/mol. The molecular formula is C40H24N2. The minimum Gasteiger partial charge on any atom is -0.245 e. The van der Waals surface area contributed by atoms with Crippen LogP contribution in [0.15, 0.2) is 146 Å². The van der Waals surface area contributed by atoms with Crippen molar-refractivity contribution in [2.75, 3.05) is 0 Å². The normalized spacial score (nSPS) is 11.8. The van der Waals surface area contributed by atoms with E-state index >= 15 is 0 Å². The van der Waals surface area contributed by atoms with Crippen molar-refractivity contribution in [3.05, 3.63) is 146 Å². The smallest absolute Gasteiger partial charge is 0.0972 e. The zero-order valence-electron chi connectivity index (χ0n) is 22.8. The molecule has 2 aromatic heterocycles. The fourth-order valence-electron chi connectivity index (χ4n) is 6.58. The van der Waals surface area contributed by atoms with Crippen molar-refractivity contribution in [3.8, 4) is 55.9 Å². The van der Waals surface area contributed by atoms with Crippen LogP contribution in [0.1, 0.15) is 0 Å². The standard InChI is InChI=1S/C40H24N2/c1-3-8-25(9-4-1)29-16-19-30-32-12-7-13-33-31(20-21-34(38(32)33)35(30)24-29)37-23-18-28-15-14-27-17-22-36(26-10-5-2-6-11-26)41-39(27)40(28)42-37/h1-24H. The van der Waals surface area contributed by atoms with Crippen LogP contribution in [0, 0.1) is 0 Å². The SMILES string of the molecule is c1ccc(-c2ccc3c(c2)-c2ccc(-c4ccc5ccc6ccc(-c7ccccc7)nc6c5n4)c4cccc-3c24)cc1. The molecule has 2 heteroatoms. The second-order valence-corrected chi connectivity index (χ2v) is 11.0. The molecule has 0 amide bonds. The molecule has 42 heavy (non-hydrogen) atoms. The summed E-state index contributed by atoms with van der Waals surface area (Å²) in [5.74, 6) is 0. The Balaban J connectivity index is 1.23. The monoisotopic (exact) mass is 532 g/mol. The van der Waals surface area contributed by atoms with E-state index in [1.807, 2.05) is 6.07 Å². The second kappa shape index (κ2) is 8.95. The van der Waals surface area contributed by atoms with Crippen molar-refractivity contribution < 1.29 is 0 Å². The summed E-state index contributed by atoms with van der Waals surface area (Å²) in [5.41, 5.74) is 13.7. The first-order chi connectivity index (χ1) is 20.8. The maximum atomic E-state index is 5.28. The van der Waals surface area contributed by atoms with E-state index in [9.17, 15) is 0 Å².